The molecule has 1 saturated heterocycles. The number of rotatable bonds is 3. The fourth-order valence-electron chi connectivity index (χ4n) is 2.14. The lowest BCUT2D eigenvalue weighted by atomic mass is 10.1. The third-order valence-corrected chi connectivity index (χ3v) is 4.15. The Kier molecular flexibility index (Phi) is 4.83. The topological polar surface area (TPSA) is 29.3 Å². The number of hydrogen-bond acceptors (Lipinski definition) is 3. The number of benzene rings is 1. The van der Waals surface area contributed by atoms with E-state index in [-0.39, 0.29) is 5.82 Å². The van der Waals surface area contributed by atoms with Gasteiger partial charge in [-0.25, -0.2) is 4.39 Å². The van der Waals surface area contributed by atoms with Crippen LogP contribution in [0.15, 0.2) is 18.2 Å². The van der Waals surface area contributed by atoms with Gasteiger partial charge in [0.05, 0.1) is 0 Å². The highest BCUT2D eigenvalue weighted by Gasteiger charge is 2.12. The zero-order valence-corrected chi connectivity index (χ0v) is 10.8. The molecule has 1 aromatic carbocycles. The average Bonchev–Trinajstić information content (AvgIpc) is 2.58. The second kappa shape index (κ2) is 6.38. The molecule has 4 heteroatoms. The molecule has 1 fully saturated rings. The van der Waals surface area contributed by atoms with Crippen molar-refractivity contribution in [2.45, 2.75) is 19.5 Å². The van der Waals surface area contributed by atoms with Gasteiger partial charge in [-0.3, -0.25) is 4.90 Å². The van der Waals surface area contributed by atoms with Crippen molar-refractivity contribution in [3.05, 3.63) is 35.1 Å². The average molecular weight is 254 g/mol. The van der Waals surface area contributed by atoms with Crippen molar-refractivity contribution in [3.8, 4) is 0 Å². The minimum atomic E-state index is -0.165. The lowest BCUT2D eigenvalue weighted by Crippen LogP contribution is -2.26. The maximum Gasteiger partial charge on any atom is 0.123 e. The highest BCUT2D eigenvalue weighted by Crippen LogP contribution is 2.16. The van der Waals surface area contributed by atoms with Crippen molar-refractivity contribution in [2.75, 3.05) is 24.6 Å². The molecule has 0 bridgehead atoms. The normalized spacial score (nSPS) is 18.0. The van der Waals surface area contributed by atoms with Gasteiger partial charge in [0.2, 0.25) is 0 Å². The minimum Gasteiger partial charge on any atom is -0.326 e. The summed E-state index contributed by atoms with van der Waals surface area (Å²) in [6, 6.07) is 4.92. The van der Waals surface area contributed by atoms with E-state index in [0.717, 1.165) is 30.8 Å². The van der Waals surface area contributed by atoms with Gasteiger partial charge in [0.25, 0.3) is 0 Å². The summed E-state index contributed by atoms with van der Waals surface area (Å²) in [4.78, 5) is 2.40. The molecular formula is C13H19FN2S. The van der Waals surface area contributed by atoms with Crippen LogP contribution in [0.2, 0.25) is 0 Å². The van der Waals surface area contributed by atoms with Crippen molar-refractivity contribution >= 4 is 11.8 Å². The maximum absolute atomic E-state index is 13.3. The van der Waals surface area contributed by atoms with Crippen LogP contribution in [0.25, 0.3) is 0 Å². The molecule has 0 unspecified atom stereocenters. The summed E-state index contributed by atoms with van der Waals surface area (Å²) in [5.74, 6) is 2.25. The standard InChI is InChI=1S/C13H19FN2S/c14-13-3-2-11(9-15)12(8-13)10-16-4-1-6-17-7-5-16/h2-3,8H,1,4-7,9-10,15H2. The molecule has 0 aromatic heterocycles. The van der Waals surface area contributed by atoms with Crippen LogP contribution in [0.1, 0.15) is 17.5 Å². The second-order valence-corrected chi connectivity index (χ2v) is 5.58. The molecule has 2 nitrogen and oxygen atoms in total. The molecule has 2 rings (SSSR count). The molecule has 0 spiro atoms. The lowest BCUT2D eigenvalue weighted by Gasteiger charge is -2.21. The number of hydrogen-bond donors (Lipinski definition) is 1. The third kappa shape index (κ3) is 3.69. The van der Waals surface area contributed by atoms with Crippen molar-refractivity contribution in [3.63, 3.8) is 0 Å². The van der Waals surface area contributed by atoms with Crippen molar-refractivity contribution in [1.82, 2.24) is 4.90 Å². The van der Waals surface area contributed by atoms with E-state index in [4.69, 9.17) is 5.73 Å². The van der Waals surface area contributed by atoms with Gasteiger partial charge < -0.3 is 5.73 Å². The first kappa shape index (κ1) is 12.9. The van der Waals surface area contributed by atoms with Crippen LogP contribution in [0.5, 0.6) is 0 Å². The highest BCUT2D eigenvalue weighted by molar-refractivity contribution is 7.99. The van der Waals surface area contributed by atoms with E-state index in [2.05, 4.69) is 4.90 Å². The zero-order chi connectivity index (χ0) is 12.1. The first-order chi connectivity index (χ1) is 8.29. The molecule has 1 aliphatic rings. The van der Waals surface area contributed by atoms with E-state index in [1.54, 1.807) is 12.1 Å². The van der Waals surface area contributed by atoms with Gasteiger partial charge in [-0.05, 0) is 42.0 Å². The Morgan fingerprint density at radius 1 is 1.24 bits per heavy atom. The molecule has 0 amide bonds. The van der Waals surface area contributed by atoms with Crippen LogP contribution in [0.4, 0.5) is 4.39 Å². The number of thioether (sulfide) groups is 1. The van der Waals surface area contributed by atoms with Crippen LogP contribution in [-0.2, 0) is 13.1 Å². The van der Waals surface area contributed by atoms with Crippen LogP contribution in [0, 0.1) is 5.82 Å². The SMILES string of the molecule is NCc1ccc(F)cc1CN1CCCSCC1. The minimum absolute atomic E-state index is 0.165. The lowest BCUT2D eigenvalue weighted by molar-refractivity contribution is 0.286. The van der Waals surface area contributed by atoms with Gasteiger partial charge in [-0.1, -0.05) is 6.07 Å². The van der Waals surface area contributed by atoms with Gasteiger partial charge in [0.15, 0.2) is 0 Å². The van der Waals surface area contributed by atoms with Crippen LogP contribution in [0.3, 0.4) is 0 Å². The van der Waals surface area contributed by atoms with E-state index in [9.17, 15) is 4.39 Å². The Morgan fingerprint density at radius 2 is 2.12 bits per heavy atom. The third-order valence-electron chi connectivity index (χ3n) is 3.10. The quantitative estimate of drug-likeness (QED) is 0.897. The molecule has 0 aliphatic carbocycles. The Morgan fingerprint density at radius 3 is 2.94 bits per heavy atom. The molecule has 94 valence electrons. The Hall–Kier alpha value is -0.580. The molecule has 0 radical (unpaired) electrons. The van der Waals surface area contributed by atoms with Crippen molar-refractivity contribution < 1.29 is 4.39 Å². The summed E-state index contributed by atoms with van der Waals surface area (Å²) in [5.41, 5.74) is 7.79. The van der Waals surface area contributed by atoms with Crippen molar-refractivity contribution in [2.24, 2.45) is 5.73 Å². The highest BCUT2D eigenvalue weighted by atomic mass is 32.2. The van der Waals surface area contributed by atoms with Gasteiger partial charge >= 0.3 is 0 Å². The van der Waals surface area contributed by atoms with E-state index >= 15 is 0 Å². The Balaban J connectivity index is 2.07. The summed E-state index contributed by atoms with van der Waals surface area (Å²) in [7, 11) is 0. The predicted molar refractivity (Wildman–Crippen MR) is 71.5 cm³/mol. The van der Waals surface area contributed by atoms with Gasteiger partial charge in [0.1, 0.15) is 5.82 Å². The molecule has 2 N–H and O–H groups in total. The van der Waals surface area contributed by atoms with Crippen LogP contribution < -0.4 is 5.73 Å². The van der Waals surface area contributed by atoms with Gasteiger partial charge in [-0.15, -0.1) is 0 Å². The Bertz CT molecular complexity index is 362. The van der Waals surface area contributed by atoms with Crippen LogP contribution >= 0.6 is 11.8 Å². The number of nitrogens with zero attached hydrogens (tertiary/aromatic N) is 1. The fraction of sp³-hybridized carbons (Fsp3) is 0.538. The van der Waals surface area contributed by atoms with Gasteiger partial charge in [0, 0.05) is 25.4 Å². The maximum atomic E-state index is 13.3. The first-order valence-corrected chi connectivity index (χ1v) is 7.22. The van der Waals surface area contributed by atoms with E-state index < -0.39 is 0 Å². The van der Waals surface area contributed by atoms with Crippen molar-refractivity contribution in [1.29, 1.82) is 0 Å². The molecular weight excluding hydrogens is 235 g/mol. The summed E-state index contributed by atoms with van der Waals surface area (Å²) in [6.45, 7) is 3.50. The summed E-state index contributed by atoms with van der Waals surface area (Å²) in [5, 5.41) is 0. The molecule has 17 heavy (non-hydrogen) atoms. The zero-order valence-electron chi connectivity index (χ0n) is 9.99. The predicted octanol–water partition coefficient (Wildman–Crippen LogP) is 2.22. The molecule has 1 aromatic rings. The van der Waals surface area contributed by atoms with Gasteiger partial charge in [-0.2, -0.15) is 11.8 Å². The molecule has 1 heterocycles. The number of halogens is 1. The molecule has 0 saturated carbocycles. The van der Waals surface area contributed by atoms with E-state index in [0.29, 0.717) is 6.54 Å². The van der Waals surface area contributed by atoms with E-state index in [1.807, 2.05) is 11.8 Å². The summed E-state index contributed by atoms with van der Waals surface area (Å²) >= 11 is 2.00. The van der Waals surface area contributed by atoms with E-state index in [1.165, 1.54) is 24.0 Å². The first-order valence-electron chi connectivity index (χ1n) is 6.07. The number of nitrogens with two attached hydrogens (primary N) is 1. The Labute approximate surface area is 106 Å². The summed E-state index contributed by atoms with van der Waals surface area (Å²) < 4.78 is 13.3. The molecule has 1 aliphatic heterocycles. The second-order valence-electron chi connectivity index (χ2n) is 4.36. The van der Waals surface area contributed by atoms with Crippen LogP contribution in [-0.4, -0.2) is 29.5 Å². The fourth-order valence-corrected chi connectivity index (χ4v) is 3.06. The molecule has 0 atom stereocenters. The largest absolute Gasteiger partial charge is 0.326 e. The monoisotopic (exact) mass is 254 g/mol. The smallest absolute Gasteiger partial charge is 0.123 e. The summed E-state index contributed by atoms with van der Waals surface area (Å²) in [6.07, 6.45) is 1.22.